The quantitative estimate of drug-likeness (QED) is 0.720. The van der Waals surface area contributed by atoms with E-state index >= 15 is 0 Å². The summed E-state index contributed by atoms with van der Waals surface area (Å²) in [7, 11) is 5.19. The summed E-state index contributed by atoms with van der Waals surface area (Å²) in [5.74, 6) is 0.211. The number of hydrogen-bond donors (Lipinski definition) is 0. The molecule has 0 radical (unpaired) electrons. The number of halogens is 1. The van der Waals surface area contributed by atoms with E-state index in [-0.39, 0.29) is 11.8 Å². The third kappa shape index (κ3) is 5.25. The standard InChI is InChI=1S/C19H21ClN2O2S/c1-21(2)18(23)13-25-17-11-7-5-9-15(17)19(24)22(3)12-14-8-4-6-10-16(14)20/h4-11H,12-13H2,1-3H3. The molecule has 132 valence electrons. The minimum Gasteiger partial charge on any atom is -0.348 e. The van der Waals surface area contributed by atoms with Gasteiger partial charge in [0.25, 0.3) is 5.91 Å². The fourth-order valence-corrected chi connectivity index (χ4v) is 3.42. The molecule has 0 bridgehead atoms. The summed E-state index contributed by atoms with van der Waals surface area (Å²) in [5, 5.41) is 0.640. The number of hydrogen-bond acceptors (Lipinski definition) is 3. The zero-order chi connectivity index (χ0) is 18.4. The minimum atomic E-state index is -0.0969. The van der Waals surface area contributed by atoms with Gasteiger partial charge in [-0.15, -0.1) is 11.8 Å². The summed E-state index contributed by atoms with van der Waals surface area (Å²) in [6, 6.07) is 14.8. The van der Waals surface area contributed by atoms with Crippen molar-refractivity contribution in [3.63, 3.8) is 0 Å². The molecule has 0 aliphatic rings. The molecule has 2 aromatic carbocycles. The minimum absolute atomic E-state index is 0.0108. The summed E-state index contributed by atoms with van der Waals surface area (Å²) in [6.45, 7) is 0.425. The van der Waals surface area contributed by atoms with Crippen LogP contribution >= 0.6 is 23.4 Å². The summed E-state index contributed by atoms with van der Waals surface area (Å²) < 4.78 is 0. The summed E-state index contributed by atoms with van der Waals surface area (Å²) >= 11 is 7.55. The van der Waals surface area contributed by atoms with Gasteiger partial charge < -0.3 is 9.80 Å². The van der Waals surface area contributed by atoms with E-state index in [4.69, 9.17) is 11.6 Å². The maximum atomic E-state index is 12.8. The lowest BCUT2D eigenvalue weighted by atomic mass is 10.1. The number of rotatable bonds is 6. The van der Waals surface area contributed by atoms with E-state index in [1.54, 1.807) is 37.0 Å². The molecule has 0 spiro atoms. The second-order valence-electron chi connectivity index (χ2n) is 5.83. The Labute approximate surface area is 157 Å². The van der Waals surface area contributed by atoms with Gasteiger partial charge in [0.1, 0.15) is 0 Å². The van der Waals surface area contributed by atoms with Crippen LogP contribution in [0.4, 0.5) is 0 Å². The number of nitrogens with zero attached hydrogens (tertiary/aromatic N) is 2. The van der Waals surface area contributed by atoms with Crippen molar-refractivity contribution in [2.75, 3.05) is 26.9 Å². The Hall–Kier alpha value is -1.98. The highest BCUT2D eigenvalue weighted by atomic mass is 35.5. The molecular weight excluding hydrogens is 356 g/mol. The fraction of sp³-hybridized carbons (Fsp3) is 0.263. The zero-order valence-electron chi connectivity index (χ0n) is 14.5. The third-order valence-corrected chi connectivity index (χ3v) is 5.11. The molecule has 0 heterocycles. The van der Waals surface area contributed by atoms with Crippen LogP contribution in [-0.4, -0.2) is 48.5 Å². The van der Waals surface area contributed by atoms with Crippen molar-refractivity contribution in [3.05, 3.63) is 64.7 Å². The first-order valence-corrected chi connectivity index (χ1v) is 9.17. The maximum Gasteiger partial charge on any atom is 0.255 e. The number of thioether (sulfide) groups is 1. The predicted octanol–water partition coefficient (Wildman–Crippen LogP) is 3.79. The van der Waals surface area contributed by atoms with Gasteiger partial charge in [-0.3, -0.25) is 9.59 Å². The number of benzene rings is 2. The first-order valence-electron chi connectivity index (χ1n) is 7.81. The van der Waals surface area contributed by atoms with E-state index in [2.05, 4.69) is 0 Å². The van der Waals surface area contributed by atoms with E-state index in [0.717, 1.165) is 10.5 Å². The van der Waals surface area contributed by atoms with Gasteiger partial charge >= 0.3 is 0 Å². The van der Waals surface area contributed by atoms with E-state index in [0.29, 0.717) is 22.9 Å². The topological polar surface area (TPSA) is 40.6 Å². The van der Waals surface area contributed by atoms with Gasteiger partial charge in [0.05, 0.1) is 11.3 Å². The Kier molecular flexibility index (Phi) is 6.91. The van der Waals surface area contributed by atoms with Crippen molar-refractivity contribution in [2.45, 2.75) is 11.4 Å². The van der Waals surface area contributed by atoms with Crippen LogP contribution in [0.1, 0.15) is 15.9 Å². The average molecular weight is 377 g/mol. The Morgan fingerprint density at radius 3 is 2.32 bits per heavy atom. The molecule has 0 aromatic heterocycles. The van der Waals surface area contributed by atoms with Gasteiger partial charge in [0.15, 0.2) is 0 Å². The molecule has 0 saturated heterocycles. The lowest BCUT2D eigenvalue weighted by Gasteiger charge is -2.20. The molecule has 6 heteroatoms. The van der Waals surface area contributed by atoms with Crippen LogP contribution in [0.2, 0.25) is 5.02 Å². The lowest BCUT2D eigenvalue weighted by molar-refractivity contribution is -0.125. The molecule has 25 heavy (non-hydrogen) atoms. The van der Waals surface area contributed by atoms with E-state index in [1.165, 1.54) is 11.8 Å². The van der Waals surface area contributed by atoms with Crippen molar-refractivity contribution >= 4 is 35.2 Å². The highest BCUT2D eigenvalue weighted by Gasteiger charge is 2.17. The van der Waals surface area contributed by atoms with E-state index < -0.39 is 0 Å². The van der Waals surface area contributed by atoms with Gasteiger partial charge in [-0.1, -0.05) is 41.9 Å². The van der Waals surface area contributed by atoms with Crippen molar-refractivity contribution in [3.8, 4) is 0 Å². The fourth-order valence-electron chi connectivity index (χ4n) is 2.20. The molecule has 0 N–H and O–H groups in total. The van der Waals surface area contributed by atoms with Crippen molar-refractivity contribution in [1.29, 1.82) is 0 Å². The number of carbonyl (C=O) groups is 2. The van der Waals surface area contributed by atoms with Crippen LogP contribution in [0.25, 0.3) is 0 Å². The van der Waals surface area contributed by atoms with Crippen LogP contribution in [-0.2, 0) is 11.3 Å². The normalized spacial score (nSPS) is 10.4. The molecule has 4 nitrogen and oxygen atoms in total. The van der Waals surface area contributed by atoms with Crippen molar-refractivity contribution in [2.24, 2.45) is 0 Å². The molecule has 0 aliphatic heterocycles. The number of carbonyl (C=O) groups excluding carboxylic acids is 2. The average Bonchev–Trinajstić information content (AvgIpc) is 2.61. The van der Waals surface area contributed by atoms with Gasteiger partial charge in [0, 0.05) is 37.6 Å². The molecule has 0 unspecified atom stereocenters. The third-order valence-electron chi connectivity index (χ3n) is 3.68. The van der Waals surface area contributed by atoms with Crippen molar-refractivity contribution < 1.29 is 9.59 Å². The van der Waals surface area contributed by atoms with Crippen molar-refractivity contribution in [1.82, 2.24) is 9.80 Å². The highest BCUT2D eigenvalue weighted by molar-refractivity contribution is 8.00. The van der Waals surface area contributed by atoms with E-state index in [1.807, 2.05) is 42.5 Å². The Morgan fingerprint density at radius 2 is 1.64 bits per heavy atom. The monoisotopic (exact) mass is 376 g/mol. The van der Waals surface area contributed by atoms with Gasteiger partial charge in [-0.2, -0.15) is 0 Å². The molecule has 2 amide bonds. The molecule has 2 aromatic rings. The summed E-state index contributed by atoms with van der Waals surface area (Å²) in [4.78, 5) is 28.6. The van der Waals surface area contributed by atoms with Gasteiger partial charge in [-0.05, 0) is 23.8 Å². The molecule has 0 aliphatic carbocycles. The first-order chi connectivity index (χ1) is 11.9. The number of amides is 2. The molecule has 0 fully saturated rings. The lowest BCUT2D eigenvalue weighted by Crippen LogP contribution is -2.27. The smallest absolute Gasteiger partial charge is 0.255 e. The predicted molar refractivity (Wildman–Crippen MR) is 103 cm³/mol. The largest absolute Gasteiger partial charge is 0.348 e. The Morgan fingerprint density at radius 1 is 1.00 bits per heavy atom. The highest BCUT2D eigenvalue weighted by Crippen LogP contribution is 2.25. The van der Waals surface area contributed by atoms with Crippen LogP contribution in [0.15, 0.2) is 53.4 Å². The molecule has 2 rings (SSSR count). The summed E-state index contributed by atoms with van der Waals surface area (Å²) in [5.41, 5.74) is 1.49. The van der Waals surface area contributed by atoms with Gasteiger partial charge in [-0.25, -0.2) is 0 Å². The van der Waals surface area contributed by atoms with E-state index in [9.17, 15) is 9.59 Å². The first kappa shape index (κ1) is 19.3. The summed E-state index contributed by atoms with van der Waals surface area (Å²) in [6.07, 6.45) is 0. The second kappa shape index (κ2) is 8.92. The van der Waals surface area contributed by atoms with Crippen LogP contribution in [0.3, 0.4) is 0 Å². The van der Waals surface area contributed by atoms with Crippen LogP contribution in [0, 0.1) is 0 Å². The van der Waals surface area contributed by atoms with Crippen LogP contribution in [0.5, 0.6) is 0 Å². The second-order valence-corrected chi connectivity index (χ2v) is 7.25. The van der Waals surface area contributed by atoms with Gasteiger partial charge in [0.2, 0.25) is 5.91 Å². The zero-order valence-corrected chi connectivity index (χ0v) is 16.1. The Bertz CT molecular complexity index is 765. The Balaban J connectivity index is 2.13. The molecule has 0 atom stereocenters. The molecule has 0 saturated carbocycles. The molecular formula is C19H21ClN2O2S. The SMILES string of the molecule is CN(C)C(=O)CSc1ccccc1C(=O)N(C)Cc1ccccc1Cl. The maximum absolute atomic E-state index is 12.8. The van der Waals surface area contributed by atoms with Crippen LogP contribution < -0.4 is 0 Å².